The Hall–Kier alpha value is -2.33. The van der Waals surface area contributed by atoms with Crippen molar-refractivity contribution in [2.45, 2.75) is 19.3 Å². The normalized spacial score (nSPS) is 21.2. The third kappa shape index (κ3) is 3.15. The fourth-order valence-corrected chi connectivity index (χ4v) is 3.69. The number of para-hydroxylation sites is 1. The highest BCUT2D eigenvalue weighted by molar-refractivity contribution is 5.95. The number of benzene rings is 2. The molecule has 1 aliphatic carbocycles. The SMILES string of the molecule is O=C(Nc1cccc(Oc2ccccc2)c1)C1CC12CCNCC2. The van der Waals surface area contributed by atoms with Gasteiger partial charge in [0.25, 0.3) is 0 Å². The lowest BCUT2D eigenvalue weighted by Crippen LogP contribution is -2.31. The number of anilines is 1. The van der Waals surface area contributed by atoms with Crippen molar-refractivity contribution < 1.29 is 9.53 Å². The number of hydrogen-bond acceptors (Lipinski definition) is 3. The molecule has 1 spiro atoms. The molecule has 4 rings (SSSR count). The lowest BCUT2D eigenvalue weighted by molar-refractivity contribution is -0.118. The van der Waals surface area contributed by atoms with E-state index in [4.69, 9.17) is 4.74 Å². The van der Waals surface area contributed by atoms with Crippen LogP contribution >= 0.6 is 0 Å². The van der Waals surface area contributed by atoms with Gasteiger partial charge in [-0.3, -0.25) is 4.79 Å². The summed E-state index contributed by atoms with van der Waals surface area (Å²) in [6.07, 6.45) is 3.26. The number of nitrogens with one attached hydrogen (secondary N) is 2. The maximum absolute atomic E-state index is 12.5. The molecule has 124 valence electrons. The first-order valence-corrected chi connectivity index (χ1v) is 8.60. The predicted molar refractivity (Wildman–Crippen MR) is 94.2 cm³/mol. The molecule has 1 unspecified atom stereocenters. The lowest BCUT2D eigenvalue weighted by Gasteiger charge is -2.23. The number of rotatable bonds is 4. The molecule has 0 bridgehead atoms. The van der Waals surface area contributed by atoms with Gasteiger partial charge < -0.3 is 15.4 Å². The van der Waals surface area contributed by atoms with E-state index in [1.54, 1.807) is 0 Å². The van der Waals surface area contributed by atoms with E-state index in [1.165, 1.54) is 0 Å². The molecule has 0 aromatic heterocycles. The summed E-state index contributed by atoms with van der Waals surface area (Å²) in [4.78, 5) is 12.5. The highest BCUT2D eigenvalue weighted by Gasteiger charge is 2.57. The molecule has 4 heteroatoms. The molecule has 4 nitrogen and oxygen atoms in total. The van der Waals surface area contributed by atoms with E-state index in [0.29, 0.717) is 0 Å². The molecule has 1 amide bonds. The molecule has 2 aromatic carbocycles. The predicted octanol–water partition coefficient (Wildman–Crippen LogP) is 3.81. The highest BCUT2D eigenvalue weighted by atomic mass is 16.5. The van der Waals surface area contributed by atoms with Crippen molar-refractivity contribution in [2.75, 3.05) is 18.4 Å². The van der Waals surface area contributed by atoms with Gasteiger partial charge in [-0.1, -0.05) is 24.3 Å². The Balaban J connectivity index is 1.40. The summed E-state index contributed by atoms with van der Waals surface area (Å²) in [5, 5.41) is 6.43. The molecule has 2 N–H and O–H groups in total. The van der Waals surface area contributed by atoms with E-state index >= 15 is 0 Å². The van der Waals surface area contributed by atoms with Crippen molar-refractivity contribution in [3.8, 4) is 11.5 Å². The number of ether oxygens (including phenoxy) is 1. The summed E-state index contributed by atoms with van der Waals surface area (Å²) in [5.41, 5.74) is 1.05. The van der Waals surface area contributed by atoms with Crippen LogP contribution in [0.1, 0.15) is 19.3 Å². The number of piperidine rings is 1. The van der Waals surface area contributed by atoms with Gasteiger partial charge in [0, 0.05) is 17.7 Å². The Morgan fingerprint density at radius 2 is 1.79 bits per heavy atom. The number of amides is 1. The van der Waals surface area contributed by atoms with Gasteiger partial charge in [-0.05, 0) is 62.0 Å². The van der Waals surface area contributed by atoms with Crippen molar-refractivity contribution in [1.82, 2.24) is 5.32 Å². The Morgan fingerprint density at radius 3 is 2.58 bits per heavy atom. The molecule has 1 heterocycles. The standard InChI is InChI=1S/C20H22N2O2/c23-19(18-14-20(18)9-11-21-12-10-20)22-15-5-4-8-17(13-15)24-16-6-2-1-3-7-16/h1-8,13,18,21H,9-12,14H2,(H,22,23). The number of hydrogen-bond donors (Lipinski definition) is 2. The first-order valence-electron chi connectivity index (χ1n) is 8.60. The monoisotopic (exact) mass is 322 g/mol. The van der Waals surface area contributed by atoms with Crippen LogP contribution < -0.4 is 15.4 Å². The van der Waals surface area contributed by atoms with Crippen molar-refractivity contribution in [3.63, 3.8) is 0 Å². The largest absolute Gasteiger partial charge is 0.457 e. The minimum atomic E-state index is 0.147. The van der Waals surface area contributed by atoms with Crippen LogP contribution in [0.15, 0.2) is 54.6 Å². The fourth-order valence-electron chi connectivity index (χ4n) is 3.69. The van der Waals surface area contributed by atoms with Crippen LogP contribution in [0.2, 0.25) is 0 Å². The van der Waals surface area contributed by atoms with Crippen molar-refractivity contribution in [2.24, 2.45) is 11.3 Å². The third-order valence-electron chi connectivity index (χ3n) is 5.19. The summed E-state index contributed by atoms with van der Waals surface area (Å²) in [5.74, 6) is 1.83. The van der Waals surface area contributed by atoms with Crippen LogP contribution in [-0.4, -0.2) is 19.0 Å². The molecule has 2 fully saturated rings. The van der Waals surface area contributed by atoms with Gasteiger partial charge >= 0.3 is 0 Å². The average molecular weight is 322 g/mol. The van der Waals surface area contributed by atoms with E-state index in [1.807, 2.05) is 54.6 Å². The van der Waals surface area contributed by atoms with Crippen LogP contribution in [0, 0.1) is 11.3 Å². The van der Waals surface area contributed by atoms with E-state index < -0.39 is 0 Å². The van der Waals surface area contributed by atoms with Crippen molar-refractivity contribution >= 4 is 11.6 Å². The van der Waals surface area contributed by atoms with Crippen LogP contribution in [0.25, 0.3) is 0 Å². The van der Waals surface area contributed by atoms with Crippen LogP contribution in [0.4, 0.5) is 5.69 Å². The second kappa shape index (κ2) is 6.29. The molecule has 1 saturated heterocycles. The minimum Gasteiger partial charge on any atom is -0.457 e. The lowest BCUT2D eigenvalue weighted by atomic mass is 9.92. The molecular formula is C20H22N2O2. The highest BCUT2D eigenvalue weighted by Crippen LogP contribution is 2.58. The summed E-state index contributed by atoms with van der Waals surface area (Å²) in [6, 6.07) is 17.2. The summed E-state index contributed by atoms with van der Waals surface area (Å²) < 4.78 is 5.83. The van der Waals surface area contributed by atoms with Gasteiger partial charge in [-0.25, -0.2) is 0 Å². The second-order valence-corrected chi connectivity index (χ2v) is 6.80. The zero-order valence-electron chi connectivity index (χ0n) is 13.6. The Morgan fingerprint density at radius 1 is 1.04 bits per heavy atom. The molecule has 2 aromatic rings. The van der Waals surface area contributed by atoms with Crippen molar-refractivity contribution in [1.29, 1.82) is 0 Å². The van der Waals surface area contributed by atoms with E-state index in [0.717, 1.165) is 49.5 Å². The Bertz CT molecular complexity index is 723. The van der Waals surface area contributed by atoms with E-state index in [2.05, 4.69) is 10.6 Å². The molecule has 1 aliphatic heterocycles. The fraction of sp³-hybridized carbons (Fsp3) is 0.350. The van der Waals surface area contributed by atoms with Gasteiger partial charge in [0.1, 0.15) is 11.5 Å². The Labute approximate surface area is 142 Å². The molecule has 24 heavy (non-hydrogen) atoms. The van der Waals surface area contributed by atoms with Gasteiger partial charge in [-0.15, -0.1) is 0 Å². The maximum atomic E-state index is 12.5. The van der Waals surface area contributed by atoms with Gasteiger partial charge in [0.05, 0.1) is 0 Å². The van der Waals surface area contributed by atoms with E-state index in [-0.39, 0.29) is 17.2 Å². The quantitative estimate of drug-likeness (QED) is 0.900. The maximum Gasteiger partial charge on any atom is 0.228 e. The Kier molecular flexibility index (Phi) is 3.98. The second-order valence-electron chi connectivity index (χ2n) is 6.80. The van der Waals surface area contributed by atoms with Crippen LogP contribution in [0.3, 0.4) is 0 Å². The van der Waals surface area contributed by atoms with Gasteiger partial charge in [0.15, 0.2) is 0 Å². The number of carbonyl (C=O) groups is 1. The average Bonchev–Trinajstić information content (AvgIpc) is 3.30. The number of carbonyl (C=O) groups excluding carboxylic acids is 1. The third-order valence-corrected chi connectivity index (χ3v) is 5.19. The van der Waals surface area contributed by atoms with Crippen LogP contribution in [-0.2, 0) is 4.79 Å². The smallest absolute Gasteiger partial charge is 0.228 e. The van der Waals surface area contributed by atoms with Crippen LogP contribution in [0.5, 0.6) is 11.5 Å². The first-order chi connectivity index (χ1) is 11.8. The molecular weight excluding hydrogens is 300 g/mol. The molecule has 0 radical (unpaired) electrons. The summed E-state index contributed by atoms with van der Waals surface area (Å²) >= 11 is 0. The molecule has 2 aliphatic rings. The minimum absolute atomic E-state index is 0.147. The zero-order valence-corrected chi connectivity index (χ0v) is 13.6. The van der Waals surface area contributed by atoms with Crippen molar-refractivity contribution in [3.05, 3.63) is 54.6 Å². The molecule has 1 saturated carbocycles. The van der Waals surface area contributed by atoms with E-state index in [9.17, 15) is 4.79 Å². The zero-order chi connectivity index (χ0) is 16.4. The van der Waals surface area contributed by atoms with Gasteiger partial charge in [0.2, 0.25) is 5.91 Å². The summed E-state index contributed by atoms with van der Waals surface area (Å²) in [6.45, 7) is 2.06. The molecule has 1 atom stereocenters. The first kappa shape index (κ1) is 15.2. The summed E-state index contributed by atoms with van der Waals surface area (Å²) in [7, 11) is 0. The van der Waals surface area contributed by atoms with Gasteiger partial charge in [-0.2, -0.15) is 0 Å². The topological polar surface area (TPSA) is 50.4 Å².